The molecule has 2 rings (SSSR count). The first-order chi connectivity index (χ1) is 11.7. The molecule has 0 aliphatic heterocycles. The van der Waals surface area contributed by atoms with Crippen LogP contribution >= 0.6 is 0 Å². The van der Waals surface area contributed by atoms with E-state index in [1.54, 1.807) is 6.07 Å². The average molecular weight is 345 g/mol. The van der Waals surface area contributed by atoms with Crippen LogP contribution in [0.1, 0.15) is 45.7 Å². The maximum absolute atomic E-state index is 12.2. The molecule has 1 heterocycles. The fourth-order valence-electron chi connectivity index (χ4n) is 2.91. The van der Waals surface area contributed by atoms with Crippen LogP contribution in [-0.2, 0) is 17.8 Å². The second-order valence-corrected chi connectivity index (χ2v) is 7.53. The van der Waals surface area contributed by atoms with E-state index in [0.717, 1.165) is 34.4 Å². The minimum absolute atomic E-state index is 0.0184. The van der Waals surface area contributed by atoms with Crippen LogP contribution in [-0.4, -0.2) is 24.5 Å². The molecule has 1 aromatic carbocycles. The van der Waals surface area contributed by atoms with Crippen molar-refractivity contribution in [1.29, 1.82) is 0 Å². The minimum Gasteiger partial charge on any atom is -0.423 e. The summed E-state index contributed by atoms with van der Waals surface area (Å²) < 4.78 is 5.36. The quantitative estimate of drug-likeness (QED) is 0.783. The van der Waals surface area contributed by atoms with E-state index >= 15 is 0 Å². The SMILES string of the molecule is CCc1ccc2c(C[NH+](CC)CC(=O)NC(C)(C)C)cc(=O)oc2c1. The summed E-state index contributed by atoms with van der Waals surface area (Å²) in [6.07, 6.45) is 0.892. The van der Waals surface area contributed by atoms with Gasteiger partial charge in [-0.05, 0) is 45.7 Å². The van der Waals surface area contributed by atoms with Crippen LogP contribution in [0.25, 0.3) is 11.0 Å². The van der Waals surface area contributed by atoms with Crippen molar-refractivity contribution in [2.24, 2.45) is 0 Å². The normalized spacial score (nSPS) is 13.0. The third-order valence-electron chi connectivity index (χ3n) is 4.17. The van der Waals surface area contributed by atoms with Gasteiger partial charge in [-0.1, -0.05) is 19.1 Å². The van der Waals surface area contributed by atoms with Crippen LogP contribution < -0.4 is 15.8 Å². The molecule has 0 saturated heterocycles. The monoisotopic (exact) mass is 345 g/mol. The van der Waals surface area contributed by atoms with Gasteiger partial charge in [0.05, 0.1) is 6.54 Å². The summed E-state index contributed by atoms with van der Waals surface area (Å²) in [5.41, 5.74) is 2.10. The van der Waals surface area contributed by atoms with Crippen LogP contribution in [0, 0.1) is 0 Å². The van der Waals surface area contributed by atoms with E-state index < -0.39 is 0 Å². The molecular formula is C20H29N2O3+. The van der Waals surface area contributed by atoms with Crippen LogP contribution in [0.5, 0.6) is 0 Å². The Morgan fingerprint density at radius 3 is 2.52 bits per heavy atom. The number of likely N-dealkylation sites (N-methyl/N-ethyl adjacent to an activating group) is 1. The summed E-state index contributed by atoms with van der Waals surface area (Å²) in [5.74, 6) is 0.0184. The molecule has 5 heteroatoms. The van der Waals surface area contributed by atoms with E-state index in [2.05, 4.69) is 18.3 Å². The molecule has 0 bridgehead atoms. The fraction of sp³-hybridized carbons (Fsp3) is 0.500. The Morgan fingerprint density at radius 1 is 1.20 bits per heavy atom. The second-order valence-electron chi connectivity index (χ2n) is 7.53. The highest BCUT2D eigenvalue weighted by molar-refractivity contribution is 5.81. The lowest BCUT2D eigenvalue weighted by Gasteiger charge is -2.23. The van der Waals surface area contributed by atoms with Crippen LogP contribution in [0.15, 0.2) is 33.5 Å². The Balaban J connectivity index is 2.25. The van der Waals surface area contributed by atoms with Gasteiger partial charge in [0.25, 0.3) is 5.91 Å². The number of aryl methyl sites for hydroxylation is 1. The summed E-state index contributed by atoms with van der Waals surface area (Å²) >= 11 is 0. The van der Waals surface area contributed by atoms with Crippen molar-refractivity contribution in [3.8, 4) is 0 Å². The number of hydrogen-bond acceptors (Lipinski definition) is 3. The van der Waals surface area contributed by atoms with Gasteiger partial charge in [-0.25, -0.2) is 4.79 Å². The Hall–Kier alpha value is -2.14. The molecule has 0 saturated carbocycles. The molecule has 1 aromatic heterocycles. The van der Waals surface area contributed by atoms with Crippen LogP contribution in [0.4, 0.5) is 0 Å². The van der Waals surface area contributed by atoms with Gasteiger partial charge in [0.2, 0.25) is 0 Å². The molecule has 1 amide bonds. The first-order valence-electron chi connectivity index (χ1n) is 8.92. The van der Waals surface area contributed by atoms with Gasteiger partial charge in [-0.15, -0.1) is 0 Å². The Kier molecular flexibility index (Phi) is 6.01. The Labute approximate surface area is 149 Å². The molecule has 25 heavy (non-hydrogen) atoms. The smallest absolute Gasteiger partial charge is 0.336 e. The second kappa shape index (κ2) is 7.83. The van der Waals surface area contributed by atoms with Gasteiger partial charge in [0.1, 0.15) is 12.1 Å². The lowest BCUT2D eigenvalue weighted by Crippen LogP contribution is -3.11. The van der Waals surface area contributed by atoms with Gasteiger partial charge < -0.3 is 14.6 Å². The van der Waals surface area contributed by atoms with E-state index in [1.165, 1.54) is 0 Å². The topological polar surface area (TPSA) is 63.8 Å². The highest BCUT2D eigenvalue weighted by Gasteiger charge is 2.19. The maximum atomic E-state index is 12.2. The standard InChI is InChI=1S/C20H28N2O3/c1-6-14-8-9-16-15(11-19(24)25-17(16)10-14)12-22(7-2)13-18(23)21-20(3,4)5/h8-11H,6-7,12-13H2,1-5H3,(H,21,23)/p+1. The number of benzene rings is 1. The maximum Gasteiger partial charge on any atom is 0.336 e. The third kappa shape index (κ3) is 5.43. The van der Waals surface area contributed by atoms with Crippen molar-refractivity contribution in [3.63, 3.8) is 0 Å². The zero-order valence-electron chi connectivity index (χ0n) is 15.9. The van der Waals surface area contributed by atoms with Crippen molar-refractivity contribution < 1.29 is 14.1 Å². The Bertz CT molecular complexity index is 803. The molecule has 2 N–H and O–H groups in total. The fourth-order valence-corrected chi connectivity index (χ4v) is 2.91. The number of amides is 1. The zero-order valence-corrected chi connectivity index (χ0v) is 15.9. The van der Waals surface area contributed by atoms with Crippen molar-refractivity contribution >= 4 is 16.9 Å². The molecule has 0 radical (unpaired) electrons. The number of nitrogens with one attached hydrogen (secondary N) is 2. The molecule has 5 nitrogen and oxygen atoms in total. The number of carbonyl (C=O) groups is 1. The van der Waals surface area contributed by atoms with Crippen molar-refractivity contribution in [3.05, 3.63) is 45.8 Å². The lowest BCUT2D eigenvalue weighted by molar-refractivity contribution is -0.904. The molecule has 2 aromatic rings. The van der Waals surface area contributed by atoms with E-state index in [-0.39, 0.29) is 17.1 Å². The molecule has 0 aliphatic rings. The zero-order chi connectivity index (χ0) is 18.6. The van der Waals surface area contributed by atoms with Gasteiger partial charge >= 0.3 is 5.63 Å². The van der Waals surface area contributed by atoms with E-state index in [4.69, 9.17) is 4.42 Å². The number of carbonyl (C=O) groups excluding carboxylic acids is 1. The molecule has 1 unspecified atom stereocenters. The van der Waals surface area contributed by atoms with E-state index in [0.29, 0.717) is 18.7 Å². The number of rotatable bonds is 6. The number of quaternary nitrogens is 1. The van der Waals surface area contributed by atoms with Gasteiger partial charge in [-0.2, -0.15) is 0 Å². The van der Waals surface area contributed by atoms with Gasteiger partial charge in [0, 0.05) is 22.6 Å². The van der Waals surface area contributed by atoms with E-state index in [9.17, 15) is 9.59 Å². The van der Waals surface area contributed by atoms with Crippen LogP contribution in [0.3, 0.4) is 0 Å². The summed E-state index contributed by atoms with van der Waals surface area (Å²) in [6.45, 7) is 11.8. The third-order valence-corrected chi connectivity index (χ3v) is 4.17. The average Bonchev–Trinajstić information content (AvgIpc) is 2.51. The predicted octanol–water partition coefficient (Wildman–Crippen LogP) is 1.67. The lowest BCUT2D eigenvalue weighted by atomic mass is 10.1. The predicted molar refractivity (Wildman–Crippen MR) is 99.8 cm³/mol. The minimum atomic E-state index is -0.342. The molecule has 0 spiro atoms. The molecular weight excluding hydrogens is 316 g/mol. The van der Waals surface area contributed by atoms with Crippen molar-refractivity contribution in [1.82, 2.24) is 5.32 Å². The number of fused-ring (bicyclic) bond motifs is 1. The van der Waals surface area contributed by atoms with Crippen molar-refractivity contribution in [2.45, 2.75) is 53.1 Å². The molecule has 1 atom stereocenters. The summed E-state index contributed by atoms with van der Waals surface area (Å²) in [7, 11) is 0. The highest BCUT2D eigenvalue weighted by atomic mass is 16.4. The summed E-state index contributed by atoms with van der Waals surface area (Å²) in [6, 6.07) is 7.54. The number of hydrogen-bond donors (Lipinski definition) is 2. The molecule has 136 valence electrons. The molecule has 0 aliphatic carbocycles. The summed E-state index contributed by atoms with van der Waals surface area (Å²) in [4.78, 5) is 25.3. The molecule has 0 fully saturated rings. The first kappa shape index (κ1) is 19.2. The summed E-state index contributed by atoms with van der Waals surface area (Å²) in [5, 5.41) is 3.94. The van der Waals surface area contributed by atoms with E-state index in [1.807, 2.05) is 39.8 Å². The van der Waals surface area contributed by atoms with Gasteiger partial charge in [-0.3, -0.25) is 4.79 Å². The first-order valence-corrected chi connectivity index (χ1v) is 8.92. The van der Waals surface area contributed by atoms with Crippen LogP contribution in [0.2, 0.25) is 0 Å². The van der Waals surface area contributed by atoms with Crippen molar-refractivity contribution in [2.75, 3.05) is 13.1 Å². The Morgan fingerprint density at radius 2 is 1.92 bits per heavy atom. The highest BCUT2D eigenvalue weighted by Crippen LogP contribution is 2.18. The van der Waals surface area contributed by atoms with Gasteiger partial charge in [0.15, 0.2) is 6.54 Å². The largest absolute Gasteiger partial charge is 0.423 e.